The van der Waals surface area contributed by atoms with Crippen molar-refractivity contribution >= 4 is 21.9 Å². The van der Waals surface area contributed by atoms with Crippen LogP contribution in [0.25, 0.3) is 44.3 Å². The van der Waals surface area contributed by atoms with Crippen LogP contribution in [-0.2, 0) is 6.54 Å². The fourth-order valence-corrected chi connectivity index (χ4v) is 3.61. The van der Waals surface area contributed by atoms with E-state index in [2.05, 4.69) is 28.2 Å². The van der Waals surface area contributed by atoms with Gasteiger partial charge in [0.15, 0.2) is 0 Å². The van der Waals surface area contributed by atoms with E-state index in [-0.39, 0.29) is 12.1 Å². The van der Waals surface area contributed by atoms with Gasteiger partial charge in [-0.15, -0.1) is 0 Å². The van der Waals surface area contributed by atoms with E-state index in [1.165, 1.54) is 0 Å². The third kappa shape index (κ3) is 3.07. The summed E-state index contributed by atoms with van der Waals surface area (Å²) in [6.07, 6.45) is 1.79. The van der Waals surface area contributed by atoms with Crippen molar-refractivity contribution in [3.63, 3.8) is 0 Å². The topological polar surface area (TPSA) is 84.7 Å². The molecule has 0 saturated carbocycles. The molecule has 0 aliphatic heterocycles. The quantitative estimate of drug-likeness (QED) is 0.491. The largest absolute Gasteiger partial charge is 0.326 e. The second-order valence-corrected chi connectivity index (χ2v) is 6.93. The monoisotopic (exact) mass is 378 g/mol. The molecule has 0 atom stereocenters. The Kier molecular flexibility index (Phi) is 4.15. The Labute approximate surface area is 166 Å². The molecule has 140 valence electrons. The second kappa shape index (κ2) is 6.96. The van der Waals surface area contributed by atoms with Crippen LogP contribution in [0.5, 0.6) is 0 Å². The molecule has 2 aromatic carbocycles. The molecule has 0 aliphatic rings. The summed E-state index contributed by atoms with van der Waals surface area (Å²) in [5.74, 6) is 0. The third-order valence-corrected chi connectivity index (χ3v) is 5.09. The van der Waals surface area contributed by atoms with E-state index in [0.717, 1.165) is 38.7 Å². The standard InChI is InChI=1S/C24H18N4O/c25-14-19-12-18-13-20(16-8-9-21-17(11-16)7-4-10-26-21)22(15-5-2-1-3-6-15)27-23(18)28-24(19)29/h1-13H,14,25H2,(H,27,28,29). The zero-order valence-electron chi connectivity index (χ0n) is 15.6. The minimum Gasteiger partial charge on any atom is -0.326 e. The summed E-state index contributed by atoms with van der Waals surface area (Å²) in [5, 5.41) is 1.92. The van der Waals surface area contributed by atoms with E-state index in [0.29, 0.717) is 11.2 Å². The number of hydrogen-bond acceptors (Lipinski definition) is 4. The molecule has 5 rings (SSSR count). The van der Waals surface area contributed by atoms with Gasteiger partial charge in [-0.3, -0.25) is 9.78 Å². The summed E-state index contributed by atoms with van der Waals surface area (Å²) in [6.45, 7) is 0.183. The average molecular weight is 378 g/mol. The molecule has 0 spiro atoms. The molecule has 0 radical (unpaired) electrons. The predicted octanol–water partition coefficient (Wildman–Crippen LogP) is 4.26. The number of benzene rings is 2. The van der Waals surface area contributed by atoms with E-state index in [4.69, 9.17) is 10.7 Å². The first-order chi connectivity index (χ1) is 14.2. The van der Waals surface area contributed by atoms with Crippen molar-refractivity contribution in [2.45, 2.75) is 6.54 Å². The highest BCUT2D eigenvalue weighted by Gasteiger charge is 2.13. The lowest BCUT2D eigenvalue weighted by atomic mass is 9.96. The number of aromatic nitrogens is 3. The molecule has 3 N–H and O–H groups in total. The molecule has 0 fully saturated rings. The van der Waals surface area contributed by atoms with E-state index < -0.39 is 0 Å². The van der Waals surface area contributed by atoms with Crippen LogP contribution in [-0.4, -0.2) is 15.0 Å². The van der Waals surface area contributed by atoms with Crippen LogP contribution in [0, 0.1) is 0 Å². The Balaban J connectivity index is 1.83. The summed E-state index contributed by atoms with van der Waals surface area (Å²) < 4.78 is 0. The number of pyridine rings is 3. The van der Waals surface area contributed by atoms with Crippen LogP contribution >= 0.6 is 0 Å². The van der Waals surface area contributed by atoms with Gasteiger partial charge < -0.3 is 10.7 Å². The highest BCUT2D eigenvalue weighted by Crippen LogP contribution is 2.34. The number of H-pyrrole nitrogens is 1. The number of rotatable bonds is 3. The Bertz CT molecular complexity index is 1410. The molecule has 5 heteroatoms. The lowest BCUT2D eigenvalue weighted by Crippen LogP contribution is -2.16. The summed E-state index contributed by atoms with van der Waals surface area (Å²) in [4.78, 5) is 24.3. The van der Waals surface area contributed by atoms with Gasteiger partial charge in [0, 0.05) is 40.2 Å². The fraction of sp³-hybridized carbons (Fsp3) is 0.0417. The smallest absolute Gasteiger partial charge is 0.254 e. The van der Waals surface area contributed by atoms with Crippen molar-refractivity contribution in [1.29, 1.82) is 0 Å². The maximum atomic E-state index is 12.2. The van der Waals surface area contributed by atoms with Crippen molar-refractivity contribution in [2.75, 3.05) is 0 Å². The number of nitrogens with two attached hydrogens (primary N) is 1. The van der Waals surface area contributed by atoms with Crippen LogP contribution in [0.15, 0.2) is 83.8 Å². The van der Waals surface area contributed by atoms with Gasteiger partial charge in [-0.25, -0.2) is 4.98 Å². The zero-order valence-corrected chi connectivity index (χ0v) is 15.6. The molecule has 29 heavy (non-hydrogen) atoms. The molecule has 5 nitrogen and oxygen atoms in total. The van der Waals surface area contributed by atoms with Crippen LogP contribution in [0.1, 0.15) is 5.56 Å². The minimum absolute atomic E-state index is 0.183. The molecule has 5 aromatic rings. The lowest BCUT2D eigenvalue weighted by Gasteiger charge is -2.12. The second-order valence-electron chi connectivity index (χ2n) is 6.93. The summed E-state index contributed by atoms with van der Waals surface area (Å²) in [6, 6.07) is 24.0. The minimum atomic E-state index is -0.198. The molecule has 0 amide bonds. The molecular formula is C24H18N4O. The van der Waals surface area contributed by atoms with Crippen molar-refractivity contribution in [3.8, 4) is 22.4 Å². The van der Waals surface area contributed by atoms with Gasteiger partial charge in [0.25, 0.3) is 5.56 Å². The van der Waals surface area contributed by atoms with Crippen LogP contribution in [0.2, 0.25) is 0 Å². The average Bonchev–Trinajstić information content (AvgIpc) is 2.78. The number of nitrogens with one attached hydrogen (secondary N) is 1. The summed E-state index contributed by atoms with van der Waals surface area (Å²) >= 11 is 0. The van der Waals surface area contributed by atoms with Crippen LogP contribution < -0.4 is 11.3 Å². The van der Waals surface area contributed by atoms with E-state index in [9.17, 15) is 4.79 Å². The number of fused-ring (bicyclic) bond motifs is 2. The summed E-state index contributed by atoms with van der Waals surface area (Å²) in [7, 11) is 0. The van der Waals surface area contributed by atoms with Crippen molar-refractivity contribution < 1.29 is 0 Å². The predicted molar refractivity (Wildman–Crippen MR) is 116 cm³/mol. The first kappa shape index (κ1) is 17.3. The van der Waals surface area contributed by atoms with Gasteiger partial charge in [0.1, 0.15) is 5.65 Å². The fourth-order valence-electron chi connectivity index (χ4n) is 3.61. The van der Waals surface area contributed by atoms with Crippen molar-refractivity contribution in [3.05, 3.63) is 94.9 Å². The van der Waals surface area contributed by atoms with E-state index >= 15 is 0 Å². The molecule has 3 heterocycles. The third-order valence-electron chi connectivity index (χ3n) is 5.09. The number of nitrogens with zero attached hydrogens (tertiary/aromatic N) is 2. The Morgan fingerprint density at radius 1 is 0.862 bits per heavy atom. The Morgan fingerprint density at radius 2 is 1.72 bits per heavy atom. The maximum absolute atomic E-state index is 12.2. The highest BCUT2D eigenvalue weighted by atomic mass is 16.1. The van der Waals surface area contributed by atoms with E-state index in [1.807, 2.05) is 54.6 Å². The maximum Gasteiger partial charge on any atom is 0.254 e. The van der Waals surface area contributed by atoms with Gasteiger partial charge in [-0.05, 0) is 35.9 Å². The SMILES string of the molecule is NCc1cc2cc(-c3ccc4ncccc4c3)c(-c3ccccc3)nc2[nH]c1=O. The zero-order chi connectivity index (χ0) is 19.8. The number of aromatic amines is 1. The summed E-state index contributed by atoms with van der Waals surface area (Å²) in [5.41, 5.74) is 11.4. The Morgan fingerprint density at radius 3 is 2.55 bits per heavy atom. The molecular weight excluding hydrogens is 360 g/mol. The van der Waals surface area contributed by atoms with Crippen molar-refractivity contribution in [1.82, 2.24) is 15.0 Å². The van der Waals surface area contributed by atoms with Crippen LogP contribution in [0.4, 0.5) is 0 Å². The molecule has 0 aliphatic carbocycles. The van der Waals surface area contributed by atoms with Gasteiger partial charge in [-0.1, -0.05) is 42.5 Å². The molecule has 0 unspecified atom stereocenters. The molecule has 0 saturated heterocycles. The van der Waals surface area contributed by atoms with Crippen LogP contribution in [0.3, 0.4) is 0 Å². The van der Waals surface area contributed by atoms with Crippen molar-refractivity contribution in [2.24, 2.45) is 5.73 Å². The Hall–Kier alpha value is -3.83. The molecule has 0 bridgehead atoms. The van der Waals surface area contributed by atoms with Gasteiger partial charge in [0.05, 0.1) is 11.2 Å². The van der Waals surface area contributed by atoms with Gasteiger partial charge >= 0.3 is 0 Å². The van der Waals surface area contributed by atoms with Gasteiger partial charge in [0.2, 0.25) is 0 Å². The molecule has 3 aromatic heterocycles. The first-order valence-electron chi connectivity index (χ1n) is 9.40. The van der Waals surface area contributed by atoms with Gasteiger partial charge in [-0.2, -0.15) is 0 Å². The number of hydrogen-bond donors (Lipinski definition) is 2. The first-order valence-corrected chi connectivity index (χ1v) is 9.40. The lowest BCUT2D eigenvalue weighted by molar-refractivity contribution is 1.02. The van der Waals surface area contributed by atoms with E-state index in [1.54, 1.807) is 6.20 Å². The highest BCUT2D eigenvalue weighted by molar-refractivity contribution is 5.93. The normalized spacial score (nSPS) is 11.2.